The molecule has 1 heterocycles. The molecule has 1 rings (SSSR count). The summed E-state index contributed by atoms with van der Waals surface area (Å²) in [7, 11) is 1.58. The molecular formula is C10H15NO2. The van der Waals surface area contributed by atoms with E-state index in [2.05, 4.69) is 4.98 Å². The highest BCUT2D eigenvalue weighted by molar-refractivity contribution is 5.26. The van der Waals surface area contributed by atoms with Crippen LogP contribution in [0.2, 0.25) is 0 Å². The normalized spacial score (nSPS) is 12.6. The first-order valence-electron chi connectivity index (χ1n) is 4.38. The van der Waals surface area contributed by atoms with Crippen LogP contribution in [0.15, 0.2) is 12.1 Å². The van der Waals surface area contributed by atoms with Gasteiger partial charge < -0.3 is 9.84 Å². The Hall–Kier alpha value is -1.09. The number of hydrogen-bond acceptors (Lipinski definition) is 3. The SMILES string of the molecule is CC[C@@H](O)c1ccc(OC)nc1C. The molecule has 1 atom stereocenters. The van der Waals surface area contributed by atoms with Crippen LogP contribution in [-0.4, -0.2) is 17.2 Å². The second-order valence-corrected chi connectivity index (χ2v) is 2.95. The summed E-state index contributed by atoms with van der Waals surface area (Å²) in [5.41, 5.74) is 1.71. The largest absolute Gasteiger partial charge is 0.481 e. The Morgan fingerprint density at radius 3 is 2.69 bits per heavy atom. The van der Waals surface area contributed by atoms with E-state index in [4.69, 9.17) is 4.74 Å². The van der Waals surface area contributed by atoms with Gasteiger partial charge in [-0.15, -0.1) is 0 Å². The molecule has 3 nitrogen and oxygen atoms in total. The number of pyridine rings is 1. The summed E-state index contributed by atoms with van der Waals surface area (Å²) in [6, 6.07) is 3.62. The highest BCUT2D eigenvalue weighted by Crippen LogP contribution is 2.21. The number of aliphatic hydroxyl groups excluding tert-OH is 1. The van der Waals surface area contributed by atoms with E-state index in [0.29, 0.717) is 12.3 Å². The molecule has 1 aromatic rings. The predicted molar refractivity (Wildman–Crippen MR) is 50.8 cm³/mol. The van der Waals surface area contributed by atoms with Gasteiger partial charge in [0.05, 0.1) is 13.2 Å². The van der Waals surface area contributed by atoms with Gasteiger partial charge in [0.15, 0.2) is 0 Å². The average Bonchev–Trinajstić information content (AvgIpc) is 2.16. The van der Waals surface area contributed by atoms with Gasteiger partial charge in [0.25, 0.3) is 0 Å². The van der Waals surface area contributed by atoms with Crippen molar-refractivity contribution < 1.29 is 9.84 Å². The van der Waals surface area contributed by atoms with E-state index < -0.39 is 6.10 Å². The molecule has 0 amide bonds. The van der Waals surface area contributed by atoms with Crippen LogP contribution < -0.4 is 4.74 Å². The van der Waals surface area contributed by atoms with Gasteiger partial charge in [-0.3, -0.25) is 0 Å². The van der Waals surface area contributed by atoms with Gasteiger partial charge in [-0.25, -0.2) is 4.98 Å². The number of rotatable bonds is 3. The lowest BCUT2D eigenvalue weighted by atomic mass is 10.1. The first kappa shape index (κ1) is 9.99. The lowest BCUT2D eigenvalue weighted by Gasteiger charge is -2.11. The zero-order chi connectivity index (χ0) is 9.84. The molecule has 0 aromatic carbocycles. The van der Waals surface area contributed by atoms with E-state index in [9.17, 15) is 5.11 Å². The van der Waals surface area contributed by atoms with E-state index in [0.717, 1.165) is 11.3 Å². The van der Waals surface area contributed by atoms with Crippen LogP contribution >= 0.6 is 0 Å². The fourth-order valence-electron chi connectivity index (χ4n) is 1.23. The quantitative estimate of drug-likeness (QED) is 0.773. The lowest BCUT2D eigenvalue weighted by molar-refractivity contribution is 0.172. The van der Waals surface area contributed by atoms with Crippen LogP contribution in [0.3, 0.4) is 0 Å². The summed E-state index contributed by atoms with van der Waals surface area (Å²) in [4.78, 5) is 4.18. The van der Waals surface area contributed by atoms with Crippen molar-refractivity contribution in [3.8, 4) is 5.88 Å². The van der Waals surface area contributed by atoms with Crippen LogP contribution in [-0.2, 0) is 0 Å². The molecule has 0 spiro atoms. The van der Waals surface area contributed by atoms with Crippen molar-refractivity contribution in [3.05, 3.63) is 23.4 Å². The third-order valence-electron chi connectivity index (χ3n) is 2.06. The number of aromatic nitrogens is 1. The highest BCUT2D eigenvalue weighted by Gasteiger charge is 2.09. The third-order valence-corrected chi connectivity index (χ3v) is 2.06. The maximum atomic E-state index is 9.59. The summed E-state index contributed by atoms with van der Waals surface area (Å²) < 4.78 is 4.97. The number of aryl methyl sites for hydroxylation is 1. The van der Waals surface area contributed by atoms with Crippen LogP contribution in [0.4, 0.5) is 0 Å². The number of nitrogens with zero attached hydrogens (tertiary/aromatic N) is 1. The molecule has 0 fully saturated rings. The summed E-state index contributed by atoms with van der Waals surface area (Å²) in [5, 5.41) is 9.59. The standard InChI is InChI=1S/C10H15NO2/c1-4-9(12)8-5-6-10(13-3)11-7(8)2/h5-6,9,12H,4H2,1-3H3/t9-/m1/s1. The molecule has 1 aromatic heterocycles. The zero-order valence-corrected chi connectivity index (χ0v) is 8.24. The Morgan fingerprint density at radius 1 is 1.54 bits per heavy atom. The van der Waals surface area contributed by atoms with E-state index >= 15 is 0 Å². The van der Waals surface area contributed by atoms with Crippen molar-refractivity contribution in [1.82, 2.24) is 4.98 Å². The van der Waals surface area contributed by atoms with Crippen LogP contribution in [0.5, 0.6) is 5.88 Å². The van der Waals surface area contributed by atoms with Crippen molar-refractivity contribution in [3.63, 3.8) is 0 Å². The van der Waals surface area contributed by atoms with Gasteiger partial charge >= 0.3 is 0 Å². The fourth-order valence-corrected chi connectivity index (χ4v) is 1.23. The van der Waals surface area contributed by atoms with Crippen molar-refractivity contribution in [2.75, 3.05) is 7.11 Å². The molecule has 0 radical (unpaired) electrons. The third kappa shape index (κ3) is 2.18. The minimum Gasteiger partial charge on any atom is -0.481 e. The average molecular weight is 181 g/mol. The van der Waals surface area contributed by atoms with Gasteiger partial charge in [-0.1, -0.05) is 6.92 Å². The van der Waals surface area contributed by atoms with Crippen LogP contribution in [0, 0.1) is 6.92 Å². The Kier molecular flexibility index (Phi) is 3.25. The minimum absolute atomic E-state index is 0.418. The van der Waals surface area contributed by atoms with Gasteiger partial charge in [-0.2, -0.15) is 0 Å². The first-order valence-corrected chi connectivity index (χ1v) is 4.38. The summed E-state index contributed by atoms with van der Waals surface area (Å²) in [6.07, 6.45) is 0.285. The minimum atomic E-state index is -0.418. The maximum absolute atomic E-state index is 9.59. The molecule has 1 N–H and O–H groups in total. The van der Waals surface area contributed by atoms with Crippen molar-refractivity contribution in [2.24, 2.45) is 0 Å². The monoisotopic (exact) mass is 181 g/mol. The Bertz CT molecular complexity index is 286. The fraction of sp³-hybridized carbons (Fsp3) is 0.500. The van der Waals surface area contributed by atoms with Gasteiger partial charge in [0.1, 0.15) is 0 Å². The smallest absolute Gasteiger partial charge is 0.213 e. The molecule has 0 bridgehead atoms. The summed E-state index contributed by atoms with van der Waals surface area (Å²) in [5.74, 6) is 0.588. The molecule has 13 heavy (non-hydrogen) atoms. The van der Waals surface area contributed by atoms with Crippen molar-refractivity contribution in [2.45, 2.75) is 26.4 Å². The predicted octanol–water partition coefficient (Wildman–Crippen LogP) is 1.84. The van der Waals surface area contributed by atoms with Crippen LogP contribution in [0.25, 0.3) is 0 Å². The molecule has 72 valence electrons. The zero-order valence-electron chi connectivity index (χ0n) is 8.24. The maximum Gasteiger partial charge on any atom is 0.213 e. The molecule has 0 aliphatic rings. The summed E-state index contributed by atoms with van der Waals surface area (Å²) >= 11 is 0. The number of hydrogen-bond donors (Lipinski definition) is 1. The van der Waals surface area contributed by atoms with Crippen molar-refractivity contribution >= 4 is 0 Å². The van der Waals surface area contributed by atoms with E-state index in [1.165, 1.54) is 0 Å². The topological polar surface area (TPSA) is 42.4 Å². The van der Waals surface area contributed by atoms with E-state index in [1.807, 2.05) is 19.9 Å². The second-order valence-electron chi connectivity index (χ2n) is 2.95. The summed E-state index contributed by atoms with van der Waals surface area (Å²) in [6.45, 7) is 3.81. The Morgan fingerprint density at radius 2 is 2.23 bits per heavy atom. The van der Waals surface area contributed by atoms with Gasteiger partial charge in [0, 0.05) is 17.3 Å². The van der Waals surface area contributed by atoms with Gasteiger partial charge in [-0.05, 0) is 19.4 Å². The molecule has 0 saturated carbocycles. The number of ether oxygens (including phenoxy) is 1. The molecule has 3 heteroatoms. The highest BCUT2D eigenvalue weighted by atomic mass is 16.5. The number of methoxy groups -OCH3 is 1. The first-order chi connectivity index (χ1) is 6.19. The van der Waals surface area contributed by atoms with Gasteiger partial charge in [0.2, 0.25) is 5.88 Å². The lowest BCUT2D eigenvalue weighted by Crippen LogP contribution is -2.01. The van der Waals surface area contributed by atoms with E-state index in [-0.39, 0.29) is 0 Å². The second kappa shape index (κ2) is 4.23. The molecule has 0 saturated heterocycles. The Labute approximate surface area is 78.4 Å². The molecular weight excluding hydrogens is 166 g/mol. The van der Waals surface area contributed by atoms with Crippen LogP contribution in [0.1, 0.15) is 30.7 Å². The molecule has 0 aliphatic carbocycles. The van der Waals surface area contributed by atoms with Crippen molar-refractivity contribution in [1.29, 1.82) is 0 Å². The molecule has 0 aliphatic heterocycles. The van der Waals surface area contributed by atoms with E-state index in [1.54, 1.807) is 13.2 Å². The molecule has 0 unspecified atom stereocenters. The number of aliphatic hydroxyl groups is 1. The Balaban J connectivity index is 2.98.